The van der Waals surface area contributed by atoms with Gasteiger partial charge in [-0.05, 0) is 29.2 Å². The zero-order valence-corrected chi connectivity index (χ0v) is 12.7. The molecule has 0 atom stereocenters. The topological polar surface area (TPSA) is 43.1 Å². The maximum atomic E-state index is 12.4. The zero-order valence-electron chi connectivity index (χ0n) is 11.9. The Balaban J connectivity index is 2.34. The molecule has 0 bridgehead atoms. The molecule has 2 N–H and O–H groups in total. The van der Waals surface area contributed by atoms with Crippen molar-refractivity contribution in [2.24, 2.45) is 0 Å². The molecule has 3 heteroatoms. The minimum atomic E-state index is -0.0875. The second-order valence-corrected chi connectivity index (χ2v) is 6.30. The van der Waals surface area contributed by atoms with Crippen LogP contribution in [0.1, 0.15) is 42.3 Å². The summed E-state index contributed by atoms with van der Waals surface area (Å²) in [6, 6.07) is 12.6. The number of benzene rings is 2. The lowest BCUT2D eigenvalue weighted by Crippen LogP contribution is -2.11. The quantitative estimate of drug-likeness (QED) is 0.655. The van der Waals surface area contributed by atoms with E-state index in [9.17, 15) is 4.79 Å². The third kappa shape index (κ3) is 3.02. The average Bonchev–Trinajstić information content (AvgIpc) is 2.37. The van der Waals surface area contributed by atoms with Crippen molar-refractivity contribution in [1.29, 1.82) is 0 Å². The summed E-state index contributed by atoms with van der Waals surface area (Å²) in [6.45, 7) is 6.42. The number of hydrogen-bond acceptors (Lipinski definition) is 2. The van der Waals surface area contributed by atoms with Crippen molar-refractivity contribution in [2.45, 2.75) is 26.2 Å². The van der Waals surface area contributed by atoms with Crippen LogP contribution in [0.2, 0.25) is 5.02 Å². The maximum Gasteiger partial charge on any atom is 0.194 e. The number of ketones is 1. The molecule has 0 saturated carbocycles. The van der Waals surface area contributed by atoms with E-state index >= 15 is 0 Å². The van der Waals surface area contributed by atoms with Gasteiger partial charge in [-0.1, -0.05) is 56.6 Å². The van der Waals surface area contributed by atoms with Crippen molar-refractivity contribution >= 4 is 23.1 Å². The summed E-state index contributed by atoms with van der Waals surface area (Å²) in [5, 5.41) is 0.384. The number of halogens is 1. The molecule has 0 radical (unpaired) electrons. The van der Waals surface area contributed by atoms with Crippen LogP contribution in [0.15, 0.2) is 42.5 Å². The second kappa shape index (κ2) is 5.29. The smallest absolute Gasteiger partial charge is 0.194 e. The molecule has 0 aliphatic rings. The van der Waals surface area contributed by atoms with E-state index in [-0.39, 0.29) is 11.2 Å². The van der Waals surface area contributed by atoms with Gasteiger partial charge in [0.1, 0.15) is 0 Å². The van der Waals surface area contributed by atoms with Crippen LogP contribution in [0.5, 0.6) is 0 Å². The molecule has 0 spiro atoms. The Kier molecular flexibility index (Phi) is 3.87. The highest BCUT2D eigenvalue weighted by Gasteiger charge is 2.16. The molecule has 0 fully saturated rings. The molecule has 2 rings (SSSR count). The summed E-state index contributed by atoms with van der Waals surface area (Å²) in [6.07, 6.45) is 0. The first kappa shape index (κ1) is 14.6. The van der Waals surface area contributed by atoms with Crippen molar-refractivity contribution in [3.63, 3.8) is 0 Å². The fourth-order valence-corrected chi connectivity index (χ4v) is 2.27. The van der Waals surface area contributed by atoms with Crippen LogP contribution in [0.3, 0.4) is 0 Å². The molecule has 2 aromatic carbocycles. The van der Waals surface area contributed by atoms with Crippen LogP contribution in [0.25, 0.3) is 0 Å². The average molecular weight is 288 g/mol. The lowest BCUT2D eigenvalue weighted by Gasteiger charge is -2.19. The molecule has 0 saturated heterocycles. The van der Waals surface area contributed by atoms with Gasteiger partial charge in [0.05, 0.1) is 5.02 Å². The van der Waals surface area contributed by atoms with Crippen molar-refractivity contribution in [1.82, 2.24) is 0 Å². The molecule has 0 unspecified atom stereocenters. The van der Waals surface area contributed by atoms with Gasteiger partial charge in [0.15, 0.2) is 5.78 Å². The molecular formula is C17H18ClNO. The van der Waals surface area contributed by atoms with Crippen LogP contribution in [0, 0.1) is 0 Å². The largest absolute Gasteiger partial charge is 0.399 e. The molecule has 104 valence electrons. The van der Waals surface area contributed by atoms with Gasteiger partial charge in [0.2, 0.25) is 0 Å². The van der Waals surface area contributed by atoms with E-state index in [2.05, 4.69) is 20.8 Å². The van der Waals surface area contributed by atoms with E-state index in [1.165, 1.54) is 5.56 Å². The summed E-state index contributed by atoms with van der Waals surface area (Å²) in [5.74, 6) is -0.0875. The van der Waals surface area contributed by atoms with E-state index in [1.54, 1.807) is 18.2 Å². The standard InChI is InChI=1S/C17H18ClNO/c1-17(2,3)12-6-4-11(5-7-12)16(20)14-9-8-13(19)10-15(14)18/h4-10H,19H2,1-3H3. The fourth-order valence-electron chi connectivity index (χ4n) is 1.99. The van der Waals surface area contributed by atoms with Crippen molar-refractivity contribution < 1.29 is 4.79 Å². The number of nitrogens with two attached hydrogens (primary N) is 1. The Morgan fingerprint density at radius 1 is 1.05 bits per heavy atom. The summed E-state index contributed by atoms with van der Waals surface area (Å²) >= 11 is 6.08. The van der Waals surface area contributed by atoms with Crippen LogP contribution in [-0.2, 0) is 5.41 Å². The van der Waals surface area contributed by atoms with Crippen molar-refractivity contribution in [3.8, 4) is 0 Å². The van der Waals surface area contributed by atoms with Gasteiger partial charge in [0.25, 0.3) is 0 Å². The van der Waals surface area contributed by atoms with Crippen molar-refractivity contribution in [2.75, 3.05) is 5.73 Å². The lowest BCUT2D eigenvalue weighted by molar-refractivity contribution is 0.103. The maximum absolute atomic E-state index is 12.4. The molecule has 0 aliphatic heterocycles. The summed E-state index contributed by atoms with van der Waals surface area (Å²) in [4.78, 5) is 12.4. The van der Waals surface area contributed by atoms with Gasteiger partial charge in [-0.3, -0.25) is 4.79 Å². The van der Waals surface area contributed by atoms with E-state index in [4.69, 9.17) is 17.3 Å². The second-order valence-electron chi connectivity index (χ2n) is 5.90. The monoisotopic (exact) mass is 287 g/mol. The molecule has 0 amide bonds. The molecule has 0 heterocycles. The van der Waals surface area contributed by atoms with Gasteiger partial charge in [0, 0.05) is 16.8 Å². The first-order valence-electron chi connectivity index (χ1n) is 6.49. The van der Waals surface area contributed by atoms with Gasteiger partial charge >= 0.3 is 0 Å². The number of hydrogen-bond donors (Lipinski definition) is 1. The van der Waals surface area contributed by atoms with Crippen molar-refractivity contribution in [3.05, 3.63) is 64.2 Å². The normalized spacial score (nSPS) is 11.4. The molecule has 2 nitrogen and oxygen atoms in total. The fraction of sp³-hybridized carbons (Fsp3) is 0.235. The molecule has 2 aromatic rings. The first-order valence-corrected chi connectivity index (χ1v) is 6.87. The molecule has 0 aliphatic carbocycles. The Morgan fingerprint density at radius 3 is 2.15 bits per heavy atom. The van der Waals surface area contributed by atoms with Crippen LogP contribution in [-0.4, -0.2) is 5.78 Å². The summed E-state index contributed by atoms with van der Waals surface area (Å²) in [7, 11) is 0. The number of rotatable bonds is 2. The highest BCUT2D eigenvalue weighted by atomic mass is 35.5. The Labute approximate surface area is 124 Å². The van der Waals surface area contributed by atoms with Crippen LogP contribution in [0.4, 0.5) is 5.69 Å². The highest BCUT2D eigenvalue weighted by Crippen LogP contribution is 2.25. The van der Waals surface area contributed by atoms with Gasteiger partial charge in [-0.2, -0.15) is 0 Å². The lowest BCUT2D eigenvalue weighted by atomic mass is 9.86. The van der Waals surface area contributed by atoms with Crippen LogP contribution < -0.4 is 5.73 Å². The zero-order chi connectivity index (χ0) is 14.9. The first-order chi connectivity index (χ1) is 9.29. The van der Waals surface area contributed by atoms with E-state index in [0.717, 1.165) is 0 Å². The van der Waals surface area contributed by atoms with E-state index < -0.39 is 0 Å². The summed E-state index contributed by atoms with van der Waals surface area (Å²) in [5.41, 5.74) is 8.56. The Morgan fingerprint density at radius 2 is 1.65 bits per heavy atom. The third-order valence-corrected chi connectivity index (χ3v) is 3.56. The summed E-state index contributed by atoms with van der Waals surface area (Å²) < 4.78 is 0. The number of carbonyl (C=O) groups excluding carboxylic acids is 1. The Bertz CT molecular complexity index is 639. The molecule has 0 aromatic heterocycles. The van der Waals surface area contributed by atoms with Gasteiger partial charge < -0.3 is 5.73 Å². The molecule has 20 heavy (non-hydrogen) atoms. The van der Waals surface area contributed by atoms with E-state index in [0.29, 0.717) is 21.8 Å². The minimum Gasteiger partial charge on any atom is -0.399 e. The number of carbonyl (C=O) groups is 1. The third-order valence-electron chi connectivity index (χ3n) is 3.25. The minimum absolute atomic E-state index is 0.0699. The predicted octanol–water partition coefficient (Wildman–Crippen LogP) is 4.45. The highest BCUT2D eigenvalue weighted by molar-refractivity contribution is 6.35. The van der Waals surface area contributed by atoms with Gasteiger partial charge in [-0.15, -0.1) is 0 Å². The number of nitrogen functional groups attached to an aromatic ring is 1. The van der Waals surface area contributed by atoms with Crippen LogP contribution >= 0.6 is 11.6 Å². The van der Waals surface area contributed by atoms with E-state index in [1.807, 2.05) is 24.3 Å². The predicted molar refractivity (Wildman–Crippen MR) is 84.4 cm³/mol. The SMILES string of the molecule is CC(C)(C)c1ccc(C(=O)c2ccc(N)cc2Cl)cc1. The Hall–Kier alpha value is -1.80. The number of anilines is 1. The van der Waals surface area contributed by atoms with Gasteiger partial charge in [-0.25, -0.2) is 0 Å². The molecular weight excluding hydrogens is 270 g/mol.